The van der Waals surface area contributed by atoms with E-state index in [1.807, 2.05) is 24.3 Å². The molecule has 0 atom stereocenters. The van der Waals surface area contributed by atoms with Crippen LogP contribution in [0.2, 0.25) is 0 Å². The number of nitrogens with zero attached hydrogens (tertiary/aromatic N) is 3. The molecule has 0 aliphatic carbocycles. The first kappa shape index (κ1) is 26.0. The van der Waals surface area contributed by atoms with Crippen molar-refractivity contribution in [2.45, 2.75) is 0 Å². The molecule has 0 saturated heterocycles. The maximum atomic E-state index is 5.19. The highest BCUT2D eigenvalue weighted by Gasteiger charge is 2.20. The Morgan fingerprint density at radius 3 is 1.96 bits per heavy atom. The molecule has 8 aromatic carbocycles. The lowest BCUT2D eigenvalue weighted by Crippen LogP contribution is -1.98. The molecule has 0 spiro atoms. The number of hydrogen-bond acceptors (Lipinski definition) is 2. The van der Waals surface area contributed by atoms with Crippen molar-refractivity contribution in [3.05, 3.63) is 164 Å². The van der Waals surface area contributed by atoms with E-state index in [9.17, 15) is 0 Å². The molecule has 10 aromatic rings. The second-order valence-electron chi connectivity index (χ2n) is 12.2. The normalized spacial score (nSPS) is 11.8. The quantitative estimate of drug-likeness (QED) is 0.190. The van der Waals surface area contributed by atoms with Gasteiger partial charge in [0.2, 0.25) is 0 Å². The lowest BCUT2D eigenvalue weighted by molar-refractivity contribution is 1.18. The van der Waals surface area contributed by atoms with Gasteiger partial charge in [0.05, 0.1) is 22.2 Å². The molecule has 0 aliphatic heterocycles. The van der Waals surface area contributed by atoms with Crippen molar-refractivity contribution in [2.24, 2.45) is 0 Å². The molecule has 218 valence electrons. The van der Waals surface area contributed by atoms with Crippen LogP contribution in [0.4, 0.5) is 0 Å². The van der Waals surface area contributed by atoms with Gasteiger partial charge in [-0.05, 0) is 51.2 Å². The first-order valence-electron chi connectivity index (χ1n) is 16.0. The number of hydrogen-bond donors (Lipinski definition) is 0. The average molecular weight is 598 g/mol. The van der Waals surface area contributed by atoms with Crippen molar-refractivity contribution in [2.75, 3.05) is 0 Å². The van der Waals surface area contributed by atoms with Gasteiger partial charge in [-0.15, -0.1) is 0 Å². The van der Waals surface area contributed by atoms with Gasteiger partial charge in [0.25, 0.3) is 0 Å². The molecule has 3 heteroatoms. The molecule has 0 radical (unpaired) electrons. The molecule has 0 N–H and O–H groups in total. The third-order valence-electron chi connectivity index (χ3n) is 9.54. The Kier molecular flexibility index (Phi) is 5.57. The van der Waals surface area contributed by atoms with Gasteiger partial charge in [0.15, 0.2) is 5.82 Å². The van der Waals surface area contributed by atoms with Gasteiger partial charge in [-0.1, -0.05) is 140 Å². The minimum Gasteiger partial charge on any atom is -0.309 e. The number of aromatic nitrogens is 3. The van der Waals surface area contributed by atoms with Gasteiger partial charge < -0.3 is 4.57 Å². The summed E-state index contributed by atoms with van der Waals surface area (Å²) >= 11 is 0. The summed E-state index contributed by atoms with van der Waals surface area (Å²) in [5, 5.41) is 11.2. The lowest BCUT2D eigenvalue weighted by atomic mass is 9.93. The van der Waals surface area contributed by atoms with Gasteiger partial charge in [0.1, 0.15) is 0 Å². The van der Waals surface area contributed by atoms with E-state index in [-0.39, 0.29) is 0 Å². The molecule has 0 aliphatic rings. The first-order chi connectivity index (χ1) is 23.3. The maximum Gasteiger partial charge on any atom is 0.160 e. The van der Waals surface area contributed by atoms with Crippen LogP contribution in [0.5, 0.6) is 0 Å². The Balaban J connectivity index is 1.31. The van der Waals surface area contributed by atoms with Gasteiger partial charge in [-0.25, -0.2) is 9.97 Å². The van der Waals surface area contributed by atoms with Gasteiger partial charge >= 0.3 is 0 Å². The van der Waals surface area contributed by atoms with Crippen LogP contribution >= 0.6 is 0 Å². The first-order valence-corrected chi connectivity index (χ1v) is 16.0. The van der Waals surface area contributed by atoms with Crippen molar-refractivity contribution in [1.29, 1.82) is 0 Å². The highest BCUT2D eigenvalue weighted by molar-refractivity contribution is 6.36. The van der Waals surface area contributed by atoms with Crippen LogP contribution < -0.4 is 0 Å². The Bertz CT molecular complexity index is 2850. The zero-order chi connectivity index (χ0) is 30.9. The van der Waals surface area contributed by atoms with E-state index in [1.54, 1.807) is 0 Å². The van der Waals surface area contributed by atoms with Crippen molar-refractivity contribution in [3.63, 3.8) is 0 Å². The van der Waals surface area contributed by atoms with E-state index in [1.165, 1.54) is 54.1 Å². The van der Waals surface area contributed by atoms with Crippen LogP contribution in [0, 0.1) is 0 Å². The van der Waals surface area contributed by atoms with Crippen LogP contribution in [0.3, 0.4) is 0 Å². The monoisotopic (exact) mass is 597 g/mol. The van der Waals surface area contributed by atoms with Crippen LogP contribution in [0.1, 0.15) is 0 Å². The lowest BCUT2D eigenvalue weighted by Gasteiger charge is -2.15. The van der Waals surface area contributed by atoms with E-state index < -0.39 is 0 Å². The number of fused-ring (bicyclic) bond motifs is 11. The summed E-state index contributed by atoms with van der Waals surface area (Å²) in [6.45, 7) is 0. The SMILES string of the molecule is c1ccc(-c2nc(-c3cccc(-n4c5ccccc5c5c6ccc7ccccc7c6c6ccccc6c54)c3)c3ccccc3n2)cc1. The zero-order valence-corrected chi connectivity index (χ0v) is 25.4. The van der Waals surface area contributed by atoms with Crippen LogP contribution in [-0.4, -0.2) is 14.5 Å². The Morgan fingerprint density at radius 2 is 1.09 bits per heavy atom. The highest BCUT2D eigenvalue weighted by atomic mass is 15.0. The second-order valence-corrected chi connectivity index (χ2v) is 12.2. The van der Waals surface area contributed by atoms with Crippen molar-refractivity contribution in [1.82, 2.24) is 14.5 Å². The van der Waals surface area contributed by atoms with E-state index in [0.29, 0.717) is 0 Å². The summed E-state index contributed by atoms with van der Waals surface area (Å²) in [5.41, 5.74) is 7.43. The fourth-order valence-electron chi connectivity index (χ4n) is 7.52. The molecular weight excluding hydrogens is 571 g/mol. The zero-order valence-electron chi connectivity index (χ0n) is 25.4. The van der Waals surface area contributed by atoms with E-state index >= 15 is 0 Å². The summed E-state index contributed by atoms with van der Waals surface area (Å²) in [6, 6.07) is 58.4. The predicted molar refractivity (Wildman–Crippen MR) is 197 cm³/mol. The molecule has 0 saturated carbocycles. The van der Waals surface area contributed by atoms with Crippen LogP contribution in [0.15, 0.2) is 164 Å². The topological polar surface area (TPSA) is 30.7 Å². The van der Waals surface area contributed by atoms with Crippen molar-refractivity contribution < 1.29 is 0 Å². The molecule has 0 amide bonds. The molecule has 2 heterocycles. The van der Waals surface area contributed by atoms with E-state index in [2.05, 4.69) is 144 Å². The third-order valence-corrected chi connectivity index (χ3v) is 9.54. The molecule has 47 heavy (non-hydrogen) atoms. The summed E-state index contributed by atoms with van der Waals surface area (Å²) in [5.74, 6) is 0.728. The van der Waals surface area contributed by atoms with Crippen molar-refractivity contribution in [3.8, 4) is 28.3 Å². The maximum absolute atomic E-state index is 5.19. The fourth-order valence-corrected chi connectivity index (χ4v) is 7.52. The van der Waals surface area contributed by atoms with Crippen LogP contribution in [-0.2, 0) is 0 Å². The fraction of sp³-hybridized carbons (Fsp3) is 0. The second kappa shape index (κ2) is 10.1. The minimum absolute atomic E-state index is 0.728. The molecule has 0 bridgehead atoms. The summed E-state index contributed by atoms with van der Waals surface area (Å²) in [7, 11) is 0. The minimum atomic E-state index is 0.728. The third kappa shape index (κ3) is 3.87. The Hall–Kier alpha value is -6.32. The van der Waals surface area contributed by atoms with E-state index in [0.717, 1.165) is 39.2 Å². The molecular formula is C44H27N3. The Morgan fingerprint density at radius 1 is 0.404 bits per heavy atom. The number of benzene rings is 8. The Labute approximate surface area is 271 Å². The molecule has 0 fully saturated rings. The van der Waals surface area contributed by atoms with Crippen molar-refractivity contribution >= 4 is 65.0 Å². The largest absolute Gasteiger partial charge is 0.309 e. The average Bonchev–Trinajstić information content (AvgIpc) is 3.50. The smallest absolute Gasteiger partial charge is 0.160 e. The van der Waals surface area contributed by atoms with Gasteiger partial charge in [0, 0.05) is 38.4 Å². The molecule has 3 nitrogen and oxygen atoms in total. The number of rotatable bonds is 3. The standard InChI is InChI=1S/C44H27N3/c1-2-14-29(15-3-1)44-45-38-23-10-8-21-35(38)42(46-44)30-16-12-17-31(27-30)47-39-24-11-9-22-36(39)41-37-26-25-28-13-4-5-18-32(28)40(37)33-19-6-7-20-34(33)43(41)47/h1-27H. The molecule has 0 unspecified atom stereocenters. The molecule has 10 rings (SSSR count). The summed E-state index contributed by atoms with van der Waals surface area (Å²) < 4.78 is 2.45. The highest BCUT2D eigenvalue weighted by Crippen LogP contribution is 2.44. The van der Waals surface area contributed by atoms with Crippen LogP contribution in [0.25, 0.3) is 93.4 Å². The van der Waals surface area contributed by atoms with E-state index in [4.69, 9.17) is 9.97 Å². The molecule has 2 aromatic heterocycles. The number of para-hydroxylation sites is 2. The predicted octanol–water partition coefficient (Wildman–Crippen LogP) is 11.5. The van der Waals surface area contributed by atoms with Gasteiger partial charge in [-0.3, -0.25) is 0 Å². The van der Waals surface area contributed by atoms with Gasteiger partial charge in [-0.2, -0.15) is 0 Å². The summed E-state index contributed by atoms with van der Waals surface area (Å²) in [6.07, 6.45) is 0. The summed E-state index contributed by atoms with van der Waals surface area (Å²) in [4.78, 5) is 10.1.